The third-order valence-electron chi connectivity index (χ3n) is 2.85. The molecule has 6 nitrogen and oxygen atoms in total. The summed E-state index contributed by atoms with van der Waals surface area (Å²) in [7, 11) is 0. The molecule has 1 aliphatic heterocycles. The minimum absolute atomic E-state index is 0.140. The predicted octanol–water partition coefficient (Wildman–Crippen LogP) is 0.104. The number of nitrogens with zero attached hydrogens (tertiary/aromatic N) is 1. The van der Waals surface area contributed by atoms with E-state index in [0.717, 1.165) is 6.42 Å². The van der Waals surface area contributed by atoms with Gasteiger partial charge in [-0.3, -0.25) is 14.6 Å². The molecule has 6 heteroatoms. The zero-order chi connectivity index (χ0) is 13.1. The van der Waals surface area contributed by atoms with E-state index in [-0.39, 0.29) is 17.2 Å². The molecule has 0 bridgehead atoms. The fraction of sp³-hybridized carbons (Fsp3) is 0.417. The summed E-state index contributed by atoms with van der Waals surface area (Å²) < 4.78 is 0. The van der Waals surface area contributed by atoms with Crippen LogP contribution in [0, 0.1) is 6.92 Å². The number of nitrogens with one attached hydrogen (secondary N) is 2. The first-order chi connectivity index (χ1) is 8.58. The molecule has 1 aliphatic rings. The summed E-state index contributed by atoms with van der Waals surface area (Å²) in [6.07, 6.45) is 2.67. The number of hydrogen-bond donors (Lipinski definition) is 3. The maximum absolute atomic E-state index is 12.0. The maximum Gasteiger partial charge on any atom is 0.255 e. The first-order valence-corrected chi connectivity index (χ1v) is 5.82. The maximum atomic E-state index is 12.0. The summed E-state index contributed by atoms with van der Waals surface area (Å²) in [5, 5.41) is 14.9. The molecule has 2 amide bonds. The Morgan fingerprint density at radius 1 is 1.61 bits per heavy atom. The van der Waals surface area contributed by atoms with Crippen molar-refractivity contribution < 1.29 is 14.7 Å². The third-order valence-corrected chi connectivity index (χ3v) is 2.85. The van der Waals surface area contributed by atoms with Gasteiger partial charge in [0.15, 0.2) is 0 Å². The Hall–Kier alpha value is -2.11. The Morgan fingerprint density at radius 2 is 2.39 bits per heavy atom. The van der Waals surface area contributed by atoms with Gasteiger partial charge in [0.05, 0.1) is 11.8 Å². The molecule has 0 aromatic carbocycles. The van der Waals surface area contributed by atoms with Gasteiger partial charge in [0, 0.05) is 12.2 Å². The Bertz CT molecular complexity index is 487. The van der Waals surface area contributed by atoms with Gasteiger partial charge in [-0.1, -0.05) is 0 Å². The zero-order valence-electron chi connectivity index (χ0n) is 10.1. The van der Waals surface area contributed by atoms with E-state index in [1.165, 1.54) is 12.3 Å². The van der Waals surface area contributed by atoms with Crippen molar-refractivity contribution in [2.45, 2.75) is 25.8 Å². The number of aryl methyl sites for hydroxylation is 1. The lowest BCUT2D eigenvalue weighted by atomic mass is 10.1. The van der Waals surface area contributed by atoms with Gasteiger partial charge in [-0.25, -0.2) is 0 Å². The Balaban J connectivity index is 2.11. The summed E-state index contributed by atoms with van der Waals surface area (Å²) in [5.41, 5.74) is 0.770. The standard InChI is InChI=1S/C12H15N3O3/c1-7-5-8(10(16)6-14-7)11(17)15-9-3-2-4-13-12(9)18/h5-6,9,16H,2-4H2,1H3,(H,13,18)(H,15,17). The number of aromatic nitrogens is 1. The number of carbonyl (C=O) groups is 2. The molecule has 1 fully saturated rings. The topological polar surface area (TPSA) is 91.3 Å². The second kappa shape index (κ2) is 5.03. The summed E-state index contributed by atoms with van der Waals surface area (Å²) in [6.45, 7) is 2.37. The molecule has 96 valence electrons. The van der Waals surface area contributed by atoms with E-state index in [9.17, 15) is 14.7 Å². The van der Waals surface area contributed by atoms with Crippen LogP contribution < -0.4 is 10.6 Å². The van der Waals surface area contributed by atoms with Crippen molar-refractivity contribution in [3.8, 4) is 5.75 Å². The van der Waals surface area contributed by atoms with Gasteiger partial charge in [-0.05, 0) is 25.8 Å². The molecule has 18 heavy (non-hydrogen) atoms. The molecule has 1 aromatic heterocycles. The van der Waals surface area contributed by atoms with E-state index in [4.69, 9.17) is 0 Å². The van der Waals surface area contributed by atoms with E-state index < -0.39 is 11.9 Å². The first kappa shape index (κ1) is 12.3. The number of hydrogen-bond acceptors (Lipinski definition) is 4. The van der Waals surface area contributed by atoms with Gasteiger partial charge in [0.1, 0.15) is 11.8 Å². The van der Waals surface area contributed by atoms with E-state index in [0.29, 0.717) is 18.7 Å². The largest absolute Gasteiger partial charge is 0.505 e. The lowest BCUT2D eigenvalue weighted by molar-refractivity contribution is -0.124. The quantitative estimate of drug-likeness (QED) is 0.693. The number of carbonyl (C=O) groups excluding carboxylic acids is 2. The monoisotopic (exact) mass is 249 g/mol. The molecule has 0 saturated carbocycles. The molecule has 1 saturated heterocycles. The van der Waals surface area contributed by atoms with Crippen LogP contribution in [0.25, 0.3) is 0 Å². The molecule has 0 radical (unpaired) electrons. The number of rotatable bonds is 2. The molecule has 2 heterocycles. The predicted molar refractivity (Wildman–Crippen MR) is 64.1 cm³/mol. The normalized spacial score (nSPS) is 19.2. The Labute approximate surface area is 104 Å². The first-order valence-electron chi connectivity index (χ1n) is 5.82. The van der Waals surface area contributed by atoms with Gasteiger partial charge >= 0.3 is 0 Å². The molecule has 1 aromatic rings. The molecule has 0 aliphatic carbocycles. The van der Waals surface area contributed by atoms with Crippen LogP contribution in [0.5, 0.6) is 5.75 Å². The molecule has 0 spiro atoms. The average Bonchev–Trinajstić information content (AvgIpc) is 2.35. The van der Waals surface area contributed by atoms with Gasteiger partial charge in [0.2, 0.25) is 5.91 Å². The fourth-order valence-electron chi connectivity index (χ4n) is 1.88. The minimum Gasteiger partial charge on any atom is -0.505 e. The molecule has 1 atom stereocenters. The van der Waals surface area contributed by atoms with E-state index >= 15 is 0 Å². The van der Waals surface area contributed by atoms with Crippen molar-refractivity contribution in [3.05, 3.63) is 23.5 Å². The van der Waals surface area contributed by atoms with Crippen LogP contribution in [-0.2, 0) is 4.79 Å². The second-order valence-corrected chi connectivity index (χ2v) is 4.30. The van der Waals surface area contributed by atoms with Crippen molar-refractivity contribution >= 4 is 11.8 Å². The number of amides is 2. The number of pyridine rings is 1. The summed E-state index contributed by atoms with van der Waals surface area (Å²) in [5.74, 6) is -0.825. The smallest absolute Gasteiger partial charge is 0.255 e. The van der Waals surface area contributed by atoms with Gasteiger partial charge in [0.25, 0.3) is 5.91 Å². The van der Waals surface area contributed by atoms with Crippen LogP contribution in [0.15, 0.2) is 12.3 Å². The van der Waals surface area contributed by atoms with Crippen molar-refractivity contribution in [3.63, 3.8) is 0 Å². The zero-order valence-corrected chi connectivity index (χ0v) is 10.1. The van der Waals surface area contributed by atoms with Crippen LogP contribution in [0.2, 0.25) is 0 Å². The van der Waals surface area contributed by atoms with Crippen molar-refractivity contribution in [1.29, 1.82) is 0 Å². The summed E-state index contributed by atoms with van der Waals surface area (Å²) in [4.78, 5) is 27.3. The van der Waals surface area contributed by atoms with E-state index in [2.05, 4.69) is 15.6 Å². The Kier molecular flexibility index (Phi) is 3.45. The molecular formula is C12H15N3O3. The SMILES string of the molecule is Cc1cc(C(=O)NC2CCCNC2=O)c(O)cn1. The minimum atomic E-state index is -0.529. The molecular weight excluding hydrogens is 234 g/mol. The highest BCUT2D eigenvalue weighted by Crippen LogP contribution is 2.16. The highest BCUT2D eigenvalue weighted by atomic mass is 16.3. The van der Waals surface area contributed by atoms with Crippen LogP contribution >= 0.6 is 0 Å². The van der Waals surface area contributed by atoms with Crippen LogP contribution in [0.3, 0.4) is 0 Å². The molecule has 1 unspecified atom stereocenters. The fourth-order valence-corrected chi connectivity index (χ4v) is 1.88. The number of aromatic hydroxyl groups is 1. The van der Waals surface area contributed by atoms with Crippen molar-refractivity contribution in [2.24, 2.45) is 0 Å². The highest BCUT2D eigenvalue weighted by molar-refractivity contribution is 5.99. The molecule has 2 rings (SSSR count). The van der Waals surface area contributed by atoms with Gasteiger partial charge in [-0.2, -0.15) is 0 Å². The molecule has 3 N–H and O–H groups in total. The third kappa shape index (κ3) is 2.58. The van der Waals surface area contributed by atoms with Crippen molar-refractivity contribution in [2.75, 3.05) is 6.54 Å². The lowest BCUT2D eigenvalue weighted by Gasteiger charge is -2.22. The van der Waals surface area contributed by atoms with Gasteiger partial charge < -0.3 is 15.7 Å². The highest BCUT2D eigenvalue weighted by Gasteiger charge is 2.25. The summed E-state index contributed by atoms with van der Waals surface area (Å²) >= 11 is 0. The van der Waals surface area contributed by atoms with E-state index in [1.807, 2.05) is 0 Å². The van der Waals surface area contributed by atoms with Crippen LogP contribution in [-0.4, -0.2) is 34.5 Å². The van der Waals surface area contributed by atoms with Crippen LogP contribution in [0.1, 0.15) is 28.9 Å². The van der Waals surface area contributed by atoms with E-state index in [1.54, 1.807) is 6.92 Å². The van der Waals surface area contributed by atoms with Crippen molar-refractivity contribution in [1.82, 2.24) is 15.6 Å². The Morgan fingerprint density at radius 3 is 3.11 bits per heavy atom. The van der Waals surface area contributed by atoms with Gasteiger partial charge in [-0.15, -0.1) is 0 Å². The average molecular weight is 249 g/mol. The second-order valence-electron chi connectivity index (χ2n) is 4.30. The number of piperidine rings is 1. The summed E-state index contributed by atoms with van der Waals surface area (Å²) in [6, 6.07) is 0.963. The lowest BCUT2D eigenvalue weighted by Crippen LogP contribution is -2.50. The van der Waals surface area contributed by atoms with Crippen LogP contribution in [0.4, 0.5) is 0 Å².